The molecular weight excluding hydrogens is 366 g/mol. The molecule has 27 heavy (non-hydrogen) atoms. The van der Waals surface area contributed by atoms with Crippen molar-refractivity contribution in [2.75, 3.05) is 38.2 Å². The molecule has 0 saturated carbocycles. The standard InChI is InChI=1S/C19H23N3O4S/c1-14-3-4-15(13-18(14)27(20,24)25)19(23)22-11-9-21(10-12-22)16-5-7-17(26-2)8-6-16/h3-8,13H,9-12H2,1-2H3,(H2,20,24,25). The minimum Gasteiger partial charge on any atom is -0.497 e. The maximum absolute atomic E-state index is 12.8. The number of anilines is 1. The first-order chi connectivity index (χ1) is 12.8. The number of methoxy groups -OCH3 is 1. The fourth-order valence-corrected chi connectivity index (χ4v) is 3.99. The molecule has 1 amide bonds. The summed E-state index contributed by atoms with van der Waals surface area (Å²) in [5.41, 5.74) is 1.94. The Kier molecular flexibility index (Phi) is 5.38. The quantitative estimate of drug-likeness (QED) is 0.858. The van der Waals surface area contributed by atoms with E-state index in [-0.39, 0.29) is 10.8 Å². The molecule has 2 aromatic carbocycles. The Morgan fingerprint density at radius 1 is 1.04 bits per heavy atom. The highest BCUT2D eigenvalue weighted by molar-refractivity contribution is 7.89. The van der Waals surface area contributed by atoms with E-state index in [0.29, 0.717) is 37.3 Å². The second kappa shape index (κ2) is 7.58. The summed E-state index contributed by atoms with van der Waals surface area (Å²) >= 11 is 0. The summed E-state index contributed by atoms with van der Waals surface area (Å²) in [6, 6.07) is 12.4. The van der Waals surface area contributed by atoms with E-state index in [4.69, 9.17) is 9.88 Å². The van der Waals surface area contributed by atoms with Gasteiger partial charge in [-0.05, 0) is 48.9 Å². The molecule has 144 valence electrons. The van der Waals surface area contributed by atoms with E-state index in [2.05, 4.69) is 4.90 Å². The minimum atomic E-state index is -3.86. The molecule has 2 N–H and O–H groups in total. The van der Waals surface area contributed by atoms with Crippen molar-refractivity contribution in [2.24, 2.45) is 5.14 Å². The van der Waals surface area contributed by atoms with E-state index in [1.807, 2.05) is 24.3 Å². The number of carbonyl (C=O) groups is 1. The van der Waals surface area contributed by atoms with Gasteiger partial charge in [0, 0.05) is 37.4 Å². The largest absolute Gasteiger partial charge is 0.497 e. The lowest BCUT2D eigenvalue weighted by Crippen LogP contribution is -2.48. The number of nitrogens with zero attached hydrogens (tertiary/aromatic N) is 2. The van der Waals surface area contributed by atoms with Crippen LogP contribution in [0, 0.1) is 6.92 Å². The van der Waals surface area contributed by atoms with Crippen LogP contribution in [-0.4, -0.2) is 52.5 Å². The van der Waals surface area contributed by atoms with Gasteiger partial charge in [-0.2, -0.15) is 0 Å². The van der Waals surface area contributed by atoms with Gasteiger partial charge in [-0.25, -0.2) is 13.6 Å². The van der Waals surface area contributed by atoms with E-state index >= 15 is 0 Å². The van der Waals surface area contributed by atoms with E-state index in [0.717, 1.165) is 11.4 Å². The van der Waals surface area contributed by atoms with Crippen LogP contribution >= 0.6 is 0 Å². The summed E-state index contributed by atoms with van der Waals surface area (Å²) in [7, 11) is -2.23. The molecule has 8 heteroatoms. The van der Waals surface area contributed by atoms with Gasteiger partial charge in [-0.15, -0.1) is 0 Å². The van der Waals surface area contributed by atoms with Gasteiger partial charge in [-0.1, -0.05) is 6.07 Å². The Labute approximate surface area is 159 Å². The third kappa shape index (κ3) is 4.23. The van der Waals surface area contributed by atoms with E-state index in [1.54, 1.807) is 31.1 Å². The average Bonchev–Trinajstić information content (AvgIpc) is 2.67. The Balaban J connectivity index is 1.70. The Bertz CT molecular complexity index is 934. The third-order valence-electron chi connectivity index (χ3n) is 4.75. The molecule has 7 nitrogen and oxygen atoms in total. The van der Waals surface area contributed by atoms with Crippen molar-refractivity contribution in [2.45, 2.75) is 11.8 Å². The second-order valence-corrected chi connectivity index (χ2v) is 8.03. The maximum Gasteiger partial charge on any atom is 0.254 e. The summed E-state index contributed by atoms with van der Waals surface area (Å²) in [6.07, 6.45) is 0. The van der Waals surface area contributed by atoms with Crippen LogP contribution in [0.5, 0.6) is 5.75 Å². The van der Waals surface area contributed by atoms with Crippen LogP contribution in [0.15, 0.2) is 47.4 Å². The van der Waals surface area contributed by atoms with Gasteiger partial charge in [0.05, 0.1) is 12.0 Å². The lowest BCUT2D eigenvalue weighted by molar-refractivity contribution is 0.0746. The number of hydrogen-bond acceptors (Lipinski definition) is 5. The third-order valence-corrected chi connectivity index (χ3v) is 5.80. The predicted molar refractivity (Wildman–Crippen MR) is 104 cm³/mol. The number of piperazine rings is 1. The van der Waals surface area contributed by atoms with Crippen molar-refractivity contribution in [3.63, 3.8) is 0 Å². The number of sulfonamides is 1. The summed E-state index contributed by atoms with van der Waals surface area (Å²) in [6.45, 7) is 4.17. The first kappa shape index (κ1) is 19.2. The second-order valence-electron chi connectivity index (χ2n) is 6.50. The molecule has 0 aromatic heterocycles. The maximum atomic E-state index is 12.8. The lowest BCUT2D eigenvalue weighted by Gasteiger charge is -2.36. The minimum absolute atomic E-state index is 0.00906. The molecule has 1 aliphatic rings. The van der Waals surface area contributed by atoms with Gasteiger partial charge in [0.2, 0.25) is 10.0 Å². The molecule has 0 unspecified atom stereocenters. The average molecular weight is 389 g/mol. The first-order valence-corrected chi connectivity index (χ1v) is 10.2. The van der Waals surface area contributed by atoms with E-state index in [1.165, 1.54) is 6.07 Å². The van der Waals surface area contributed by atoms with Crippen LogP contribution in [0.4, 0.5) is 5.69 Å². The number of primary sulfonamides is 1. The van der Waals surface area contributed by atoms with Crippen molar-refractivity contribution >= 4 is 21.6 Å². The van der Waals surface area contributed by atoms with Gasteiger partial charge in [0.25, 0.3) is 5.91 Å². The van der Waals surface area contributed by atoms with Gasteiger partial charge < -0.3 is 14.5 Å². The zero-order chi connectivity index (χ0) is 19.6. The molecule has 2 aromatic rings. The molecule has 1 heterocycles. The van der Waals surface area contributed by atoms with Crippen LogP contribution in [0.3, 0.4) is 0 Å². The van der Waals surface area contributed by atoms with Crippen LogP contribution in [0.2, 0.25) is 0 Å². The summed E-state index contributed by atoms with van der Waals surface area (Å²) in [5, 5.41) is 5.24. The van der Waals surface area contributed by atoms with Crippen LogP contribution < -0.4 is 14.8 Å². The van der Waals surface area contributed by atoms with Crippen molar-refractivity contribution in [1.29, 1.82) is 0 Å². The molecule has 1 fully saturated rings. The van der Waals surface area contributed by atoms with Gasteiger partial charge in [-0.3, -0.25) is 4.79 Å². The zero-order valence-electron chi connectivity index (χ0n) is 15.4. The number of rotatable bonds is 4. The lowest BCUT2D eigenvalue weighted by atomic mass is 10.1. The monoisotopic (exact) mass is 389 g/mol. The normalized spacial score (nSPS) is 14.9. The zero-order valence-corrected chi connectivity index (χ0v) is 16.2. The van der Waals surface area contributed by atoms with Gasteiger partial charge >= 0.3 is 0 Å². The molecule has 0 aliphatic carbocycles. The van der Waals surface area contributed by atoms with Gasteiger partial charge in [0.1, 0.15) is 5.75 Å². The first-order valence-electron chi connectivity index (χ1n) is 8.61. The van der Waals surface area contributed by atoms with E-state index < -0.39 is 10.0 Å². The highest BCUT2D eigenvalue weighted by Crippen LogP contribution is 2.22. The topological polar surface area (TPSA) is 92.9 Å². The number of amides is 1. The summed E-state index contributed by atoms with van der Waals surface area (Å²) < 4.78 is 28.5. The molecule has 1 aliphatic heterocycles. The number of benzene rings is 2. The number of hydrogen-bond donors (Lipinski definition) is 1. The van der Waals surface area contributed by atoms with E-state index in [9.17, 15) is 13.2 Å². The molecule has 0 radical (unpaired) electrons. The number of carbonyl (C=O) groups excluding carboxylic acids is 1. The van der Waals surface area contributed by atoms with Crippen molar-refractivity contribution in [3.8, 4) is 5.75 Å². The number of aryl methyl sites for hydroxylation is 1. The molecule has 0 bridgehead atoms. The molecule has 0 spiro atoms. The molecule has 3 rings (SSSR count). The highest BCUT2D eigenvalue weighted by Gasteiger charge is 2.24. The van der Waals surface area contributed by atoms with Crippen molar-refractivity contribution in [1.82, 2.24) is 4.90 Å². The Morgan fingerprint density at radius 3 is 2.22 bits per heavy atom. The van der Waals surface area contributed by atoms with Crippen LogP contribution in [0.1, 0.15) is 15.9 Å². The summed E-state index contributed by atoms with van der Waals surface area (Å²) in [4.78, 5) is 16.7. The SMILES string of the molecule is COc1ccc(N2CCN(C(=O)c3ccc(C)c(S(N)(=O)=O)c3)CC2)cc1. The van der Waals surface area contributed by atoms with Crippen LogP contribution in [-0.2, 0) is 10.0 Å². The van der Waals surface area contributed by atoms with Crippen LogP contribution in [0.25, 0.3) is 0 Å². The highest BCUT2D eigenvalue weighted by atomic mass is 32.2. The summed E-state index contributed by atoms with van der Waals surface area (Å²) in [5.74, 6) is 0.617. The fourth-order valence-electron chi connectivity index (χ4n) is 3.18. The molecular formula is C19H23N3O4S. The van der Waals surface area contributed by atoms with Crippen molar-refractivity contribution < 1.29 is 17.9 Å². The fraction of sp³-hybridized carbons (Fsp3) is 0.316. The number of nitrogens with two attached hydrogens (primary N) is 1. The Morgan fingerprint density at radius 2 is 1.67 bits per heavy atom. The number of ether oxygens (including phenoxy) is 1. The predicted octanol–water partition coefficient (Wildman–Crippen LogP) is 1.61. The van der Waals surface area contributed by atoms with Gasteiger partial charge in [0.15, 0.2) is 0 Å². The Hall–Kier alpha value is -2.58. The molecule has 1 saturated heterocycles. The van der Waals surface area contributed by atoms with Crippen molar-refractivity contribution in [3.05, 3.63) is 53.6 Å². The molecule has 0 atom stereocenters. The smallest absolute Gasteiger partial charge is 0.254 e.